The number of nitrogens with zero attached hydrogens (tertiary/aromatic N) is 3. The highest BCUT2D eigenvalue weighted by atomic mass is 35.5. The molecule has 0 saturated heterocycles. The molecule has 0 bridgehead atoms. The quantitative estimate of drug-likeness (QED) is 0.383. The minimum absolute atomic E-state index is 0.00194. The van der Waals surface area contributed by atoms with Crippen molar-refractivity contribution in [2.75, 3.05) is 10.6 Å². The number of amides is 1. The average molecular weight is 472 g/mol. The lowest BCUT2D eigenvalue weighted by atomic mass is 9.83. The van der Waals surface area contributed by atoms with E-state index in [2.05, 4.69) is 50.6 Å². The molecule has 1 aromatic carbocycles. The lowest BCUT2D eigenvalue weighted by Gasteiger charge is -2.24. The monoisotopic (exact) mass is 471 g/mol. The largest absolute Gasteiger partial charge is 0.379 e. The number of imidazole rings is 1. The zero-order valence-corrected chi connectivity index (χ0v) is 19.6. The summed E-state index contributed by atoms with van der Waals surface area (Å²) in [4.78, 5) is 22.0. The van der Waals surface area contributed by atoms with Crippen molar-refractivity contribution in [1.29, 1.82) is 0 Å². The van der Waals surface area contributed by atoms with Gasteiger partial charge in [0, 0.05) is 41.3 Å². The van der Waals surface area contributed by atoms with Gasteiger partial charge in [-0.25, -0.2) is 9.97 Å². The molecule has 1 fully saturated rings. The molecule has 4 aromatic rings. The topological polar surface area (TPSA) is 71.3 Å². The van der Waals surface area contributed by atoms with Gasteiger partial charge in [0.1, 0.15) is 11.5 Å². The van der Waals surface area contributed by atoms with Crippen LogP contribution in [0.2, 0.25) is 5.02 Å². The Morgan fingerprint density at radius 3 is 2.85 bits per heavy atom. The van der Waals surface area contributed by atoms with Crippen molar-refractivity contribution >= 4 is 34.7 Å². The van der Waals surface area contributed by atoms with Crippen molar-refractivity contribution in [2.45, 2.75) is 44.6 Å². The van der Waals surface area contributed by atoms with Crippen LogP contribution in [0.3, 0.4) is 0 Å². The molecule has 172 valence electrons. The number of hydrogen-bond donors (Lipinski definition) is 2. The van der Waals surface area contributed by atoms with Gasteiger partial charge < -0.3 is 15.0 Å². The SMILES string of the molecule is O=C(Nc1cc(NCc2cn3cc(C4CC4)ccc3n2)ccn1)C1CCc2ccc(Cl)cc2C1. The fourth-order valence-corrected chi connectivity index (χ4v) is 4.98. The standard InChI is InChI=1S/C27H26ClN5O/c28-22-7-5-18-3-4-19(11-21(18)12-22)27(34)32-25-13-23(9-10-29-25)30-14-24-16-33-15-20(17-1-2-17)6-8-26(33)31-24/h5-10,12-13,15-17,19H,1-4,11,14H2,(H2,29,30,32,34). The van der Waals surface area contributed by atoms with Gasteiger partial charge in [0.25, 0.3) is 0 Å². The van der Waals surface area contributed by atoms with Gasteiger partial charge in [0.15, 0.2) is 0 Å². The molecule has 6 rings (SSSR count). The predicted molar refractivity (Wildman–Crippen MR) is 134 cm³/mol. The minimum atomic E-state index is -0.0807. The van der Waals surface area contributed by atoms with E-state index in [1.165, 1.54) is 29.5 Å². The van der Waals surface area contributed by atoms with Crippen LogP contribution in [-0.4, -0.2) is 20.3 Å². The first-order valence-electron chi connectivity index (χ1n) is 11.9. The number of aryl methyl sites for hydroxylation is 1. The van der Waals surface area contributed by atoms with Crippen LogP contribution in [-0.2, 0) is 24.2 Å². The Kier molecular flexibility index (Phi) is 5.46. The molecular weight excluding hydrogens is 446 g/mol. The zero-order chi connectivity index (χ0) is 23.1. The van der Waals surface area contributed by atoms with E-state index in [9.17, 15) is 4.79 Å². The molecule has 2 aliphatic rings. The maximum absolute atomic E-state index is 12.9. The van der Waals surface area contributed by atoms with Crippen molar-refractivity contribution in [3.63, 3.8) is 0 Å². The van der Waals surface area contributed by atoms with Crippen LogP contribution in [0.5, 0.6) is 0 Å². The lowest BCUT2D eigenvalue weighted by molar-refractivity contribution is -0.120. The maximum Gasteiger partial charge on any atom is 0.228 e. The molecule has 0 aliphatic heterocycles. The molecular formula is C27H26ClN5O. The van der Waals surface area contributed by atoms with Crippen molar-refractivity contribution in [2.24, 2.45) is 5.92 Å². The number of anilines is 2. The van der Waals surface area contributed by atoms with Crippen molar-refractivity contribution in [1.82, 2.24) is 14.4 Å². The Hall–Kier alpha value is -3.38. The van der Waals surface area contributed by atoms with Gasteiger partial charge in [-0.3, -0.25) is 4.79 Å². The second-order valence-electron chi connectivity index (χ2n) is 9.36. The number of benzene rings is 1. The Morgan fingerprint density at radius 2 is 1.97 bits per heavy atom. The van der Waals surface area contributed by atoms with Crippen molar-refractivity contribution < 1.29 is 4.79 Å². The van der Waals surface area contributed by atoms with Gasteiger partial charge in [0.05, 0.1) is 12.2 Å². The maximum atomic E-state index is 12.9. The molecule has 0 spiro atoms. The zero-order valence-electron chi connectivity index (χ0n) is 18.8. The first-order valence-corrected chi connectivity index (χ1v) is 12.2. The summed E-state index contributed by atoms with van der Waals surface area (Å²) in [5.41, 5.74) is 6.66. The number of aromatic nitrogens is 3. The molecule has 1 amide bonds. The summed E-state index contributed by atoms with van der Waals surface area (Å²) in [5.74, 6) is 1.20. The summed E-state index contributed by atoms with van der Waals surface area (Å²) in [6.07, 6.45) is 11.0. The summed E-state index contributed by atoms with van der Waals surface area (Å²) >= 11 is 6.15. The third-order valence-corrected chi connectivity index (χ3v) is 7.06. The lowest BCUT2D eigenvalue weighted by Crippen LogP contribution is -2.28. The van der Waals surface area contributed by atoms with Crippen LogP contribution in [0.25, 0.3) is 5.65 Å². The van der Waals surface area contributed by atoms with Crippen LogP contribution in [0.4, 0.5) is 11.5 Å². The van der Waals surface area contributed by atoms with E-state index in [0.717, 1.165) is 35.8 Å². The molecule has 1 saturated carbocycles. The first kappa shape index (κ1) is 21.2. The van der Waals surface area contributed by atoms with Crippen LogP contribution in [0, 0.1) is 5.92 Å². The number of carbonyl (C=O) groups excluding carboxylic acids is 1. The van der Waals surface area contributed by atoms with E-state index in [1.807, 2.05) is 24.3 Å². The fraction of sp³-hybridized carbons (Fsp3) is 0.296. The van der Waals surface area contributed by atoms with E-state index < -0.39 is 0 Å². The van der Waals surface area contributed by atoms with E-state index in [4.69, 9.17) is 16.6 Å². The molecule has 2 aliphatic carbocycles. The highest BCUT2D eigenvalue weighted by Crippen LogP contribution is 2.39. The van der Waals surface area contributed by atoms with Gasteiger partial charge in [-0.05, 0) is 79.0 Å². The second kappa shape index (κ2) is 8.76. The van der Waals surface area contributed by atoms with Crippen molar-refractivity contribution in [3.8, 4) is 0 Å². The van der Waals surface area contributed by atoms with E-state index >= 15 is 0 Å². The molecule has 3 aromatic heterocycles. The fourth-order valence-electron chi connectivity index (χ4n) is 4.78. The van der Waals surface area contributed by atoms with Gasteiger partial charge in [0.2, 0.25) is 5.91 Å². The number of nitrogens with one attached hydrogen (secondary N) is 2. The number of halogens is 1. The Morgan fingerprint density at radius 1 is 1.06 bits per heavy atom. The Bertz CT molecular complexity index is 1380. The number of pyridine rings is 2. The third kappa shape index (κ3) is 4.50. The van der Waals surface area contributed by atoms with Crippen LogP contribution in [0.1, 0.15) is 47.6 Å². The molecule has 7 heteroatoms. The van der Waals surface area contributed by atoms with Gasteiger partial charge >= 0.3 is 0 Å². The highest BCUT2D eigenvalue weighted by Gasteiger charge is 2.25. The number of fused-ring (bicyclic) bond motifs is 2. The minimum Gasteiger partial charge on any atom is -0.379 e. The second-order valence-corrected chi connectivity index (χ2v) is 9.80. The molecule has 1 unspecified atom stereocenters. The van der Waals surface area contributed by atoms with Gasteiger partial charge in [-0.1, -0.05) is 23.7 Å². The van der Waals surface area contributed by atoms with E-state index in [0.29, 0.717) is 23.8 Å². The Labute approximate surface area is 203 Å². The summed E-state index contributed by atoms with van der Waals surface area (Å²) < 4.78 is 2.11. The van der Waals surface area contributed by atoms with E-state index in [-0.39, 0.29) is 11.8 Å². The predicted octanol–water partition coefficient (Wildman–Crippen LogP) is 5.62. The van der Waals surface area contributed by atoms with Gasteiger partial charge in [-0.15, -0.1) is 0 Å². The first-order chi connectivity index (χ1) is 16.6. The average Bonchev–Trinajstić information content (AvgIpc) is 3.61. The van der Waals surface area contributed by atoms with Crippen LogP contribution >= 0.6 is 11.6 Å². The summed E-state index contributed by atoms with van der Waals surface area (Å²) in [7, 11) is 0. The molecule has 6 nitrogen and oxygen atoms in total. The summed E-state index contributed by atoms with van der Waals surface area (Å²) in [5, 5.41) is 7.12. The smallest absolute Gasteiger partial charge is 0.228 e. The highest BCUT2D eigenvalue weighted by molar-refractivity contribution is 6.30. The molecule has 2 N–H and O–H groups in total. The summed E-state index contributed by atoms with van der Waals surface area (Å²) in [6.45, 7) is 0.595. The van der Waals surface area contributed by atoms with Crippen molar-refractivity contribution in [3.05, 3.63) is 88.5 Å². The van der Waals surface area contributed by atoms with Crippen LogP contribution < -0.4 is 10.6 Å². The van der Waals surface area contributed by atoms with Gasteiger partial charge in [-0.2, -0.15) is 0 Å². The summed E-state index contributed by atoms with van der Waals surface area (Å²) in [6, 6.07) is 14.0. The number of hydrogen-bond acceptors (Lipinski definition) is 4. The third-order valence-electron chi connectivity index (χ3n) is 6.82. The number of carbonyl (C=O) groups is 1. The number of rotatable bonds is 6. The van der Waals surface area contributed by atoms with Crippen LogP contribution in [0.15, 0.2) is 61.1 Å². The molecule has 3 heterocycles. The molecule has 34 heavy (non-hydrogen) atoms. The molecule has 1 atom stereocenters. The normalized spacial score (nSPS) is 17.4. The van der Waals surface area contributed by atoms with E-state index in [1.54, 1.807) is 6.20 Å². The molecule has 0 radical (unpaired) electrons. The Balaban J connectivity index is 1.09.